The van der Waals surface area contributed by atoms with Crippen molar-refractivity contribution in [2.75, 3.05) is 23.9 Å². The summed E-state index contributed by atoms with van der Waals surface area (Å²) in [5.41, 5.74) is 0. The summed E-state index contributed by atoms with van der Waals surface area (Å²) in [6.45, 7) is 0. The van der Waals surface area contributed by atoms with Gasteiger partial charge in [0.05, 0.1) is 6.20 Å². The Kier molecular flexibility index (Phi) is 4.95. The minimum atomic E-state index is 0.477. The van der Waals surface area contributed by atoms with Crippen LogP contribution in [0.15, 0.2) is 6.20 Å². The second-order valence-corrected chi connectivity index (χ2v) is 6.04. The molecule has 1 saturated carbocycles. The van der Waals surface area contributed by atoms with Gasteiger partial charge in [-0.15, -0.1) is 0 Å². The molecule has 1 aliphatic carbocycles. The van der Waals surface area contributed by atoms with E-state index in [9.17, 15) is 0 Å². The molecule has 1 fully saturated rings. The lowest BCUT2D eigenvalue weighted by Crippen LogP contribution is -2.27. The summed E-state index contributed by atoms with van der Waals surface area (Å²) in [6.07, 6.45) is 8.72. The largest absolute Gasteiger partial charge is 0.366 e. The molecule has 100 valence electrons. The predicted octanol–water partition coefficient (Wildman–Crippen LogP) is 3.26. The first kappa shape index (κ1) is 13.7. The number of hydrogen-bond acceptors (Lipinski definition) is 5. The van der Waals surface area contributed by atoms with Crippen LogP contribution in [0.25, 0.3) is 0 Å². The first-order chi connectivity index (χ1) is 8.72. The van der Waals surface area contributed by atoms with Crippen LogP contribution < -0.4 is 10.6 Å². The zero-order valence-electron chi connectivity index (χ0n) is 10.7. The minimum absolute atomic E-state index is 0.477. The van der Waals surface area contributed by atoms with Crippen molar-refractivity contribution < 1.29 is 0 Å². The van der Waals surface area contributed by atoms with Gasteiger partial charge in [0.2, 0.25) is 5.95 Å². The van der Waals surface area contributed by atoms with Crippen LogP contribution in [0.3, 0.4) is 0 Å². The molecular formula is C12H19ClN4S. The van der Waals surface area contributed by atoms with Crippen LogP contribution in [0.5, 0.6) is 0 Å². The molecule has 4 nitrogen and oxygen atoms in total. The first-order valence-electron chi connectivity index (χ1n) is 6.22. The Morgan fingerprint density at radius 3 is 2.67 bits per heavy atom. The van der Waals surface area contributed by atoms with E-state index in [0.717, 1.165) is 11.1 Å². The number of rotatable bonds is 4. The van der Waals surface area contributed by atoms with Crippen molar-refractivity contribution >= 4 is 35.1 Å². The minimum Gasteiger partial charge on any atom is -0.366 e. The molecule has 2 rings (SSSR count). The fraction of sp³-hybridized carbons (Fsp3) is 0.667. The average Bonchev–Trinajstić information content (AvgIpc) is 2.42. The van der Waals surface area contributed by atoms with E-state index >= 15 is 0 Å². The second kappa shape index (κ2) is 6.48. The van der Waals surface area contributed by atoms with E-state index in [1.54, 1.807) is 13.2 Å². The smallest absolute Gasteiger partial charge is 0.224 e. The maximum atomic E-state index is 6.11. The lowest BCUT2D eigenvalue weighted by atomic mass is 9.95. The summed E-state index contributed by atoms with van der Waals surface area (Å²) >= 11 is 8.08. The maximum absolute atomic E-state index is 6.11. The molecule has 0 atom stereocenters. The SMILES string of the molecule is CNc1ncc(Cl)c(NC2CCC(SC)CC2)n1. The monoisotopic (exact) mass is 286 g/mol. The lowest BCUT2D eigenvalue weighted by Gasteiger charge is -2.28. The van der Waals surface area contributed by atoms with Crippen LogP contribution >= 0.6 is 23.4 Å². The highest BCUT2D eigenvalue weighted by Crippen LogP contribution is 2.29. The molecule has 1 heterocycles. The van der Waals surface area contributed by atoms with Crippen molar-refractivity contribution in [3.05, 3.63) is 11.2 Å². The van der Waals surface area contributed by atoms with E-state index < -0.39 is 0 Å². The Morgan fingerprint density at radius 1 is 1.33 bits per heavy atom. The van der Waals surface area contributed by atoms with Crippen LogP contribution in [-0.4, -0.2) is 34.6 Å². The molecule has 0 radical (unpaired) electrons. The summed E-state index contributed by atoms with van der Waals surface area (Å²) in [7, 11) is 1.80. The number of thioether (sulfide) groups is 1. The Morgan fingerprint density at radius 2 is 2.06 bits per heavy atom. The topological polar surface area (TPSA) is 49.8 Å². The molecule has 0 bridgehead atoms. The van der Waals surface area contributed by atoms with Crippen LogP contribution in [0, 0.1) is 0 Å². The van der Waals surface area contributed by atoms with Gasteiger partial charge in [-0.05, 0) is 31.9 Å². The number of aromatic nitrogens is 2. The quantitative estimate of drug-likeness (QED) is 0.890. The van der Waals surface area contributed by atoms with Crippen molar-refractivity contribution in [3.8, 4) is 0 Å². The molecule has 0 amide bonds. The molecule has 18 heavy (non-hydrogen) atoms. The van der Waals surface area contributed by atoms with Crippen molar-refractivity contribution in [2.24, 2.45) is 0 Å². The van der Waals surface area contributed by atoms with Gasteiger partial charge in [0.1, 0.15) is 5.02 Å². The molecule has 2 N–H and O–H groups in total. The molecule has 6 heteroatoms. The Labute approximate surface area is 117 Å². The maximum Gasteiger partial charge on any atom is 0.224 e. The molecule has 0 aliphatic heterocycles. The van der Waals surface area contributed by atoms with E-state index in [1.165, 1.54) is 25.7 Å². The van der Waals surface area contributed by atoms with Crippen LogP contribution in [0.1, 0.15) is 25.7 Å². The molecule has 1 aromatic rings. The summed E-state index contributed by atoms with van der Waals surface area (Å²) in [5.74, 6) is 1.34. The Balaban J connectivity index is 1.97. The van der Waals surface area contributed by atoms with Gasteiger partial charge >= 0.3 is 0 Å². The van der Waals surface area contributed by atoms with E-state index in [4.69, 9.17) is 11.6 Å². The molecular weight excluding hydrogens is 268 g/mol. The van der Waals surface area contributed by atoms with E-state index in [1.807, 2.05) is 11.8 Å². The van der Waals surface area contributed by atoms with Crippen LogP contribution in [0.4, 0.5) is 11.8 Å². The standard InChI is InChI=1S/C12H19ClN4S/c1-14-12-15-7-10(13)11(17-12)16-8-3-5-9(18-2)6-4-8/h7-9H,3-6H2,1-2H3,(H2,14,15,16,17). The third-order valence-corrected chi connectivity index (χ3v) is 4.73. The zero-order chi connectivity index (χ0) is 13.0. The number of nitrogens with one attached hydrogen (secondary N) is 2. The molecule has 1 aliphatic rings. The summed E-state index contributed by atoms with van der Waals surface area (Å²) in [6, 6.07) is 0.477. The van der Waals surface area contributed by atoms with Gasteiger partial charge in [0.25, 0.3) is 0 Å². The molecule has 0 saturated heterocycles. The van der Waals surface area contributed by atoms with E-state index in [2.05, 4.69) is 26.9 Å². The molecule has 0 unspecified atom stereocenters. The zero-order valence-corrected chi connectivity index (χ0v) is 12.3. The van der Waals surface area contributed by atoms with Crippen molar-refractivity contribution in [1.82, 2.24) is 9.97 Å². The van der Waals surface area contributed by atoms with Crippen LogP contribution in [0.2, 0.25) is 5.02 Å². The average molecular weight is 287 g/mol. The number of nitrogens with zero attached hydrogens (tertiary/aromatic N) is 2. The van der Waals surface area contributed by atoms with Gasteiger partial charge < -0.3 is 10.6 Å². The third-order valence-electron chi connectivity index (χ3n) is 3.32. The van der Waals surface area contributed by atoms with Gasteiger partial charge in [-0.1, -0.05) is 11.6 Å². The summed E-state index contributed by atoms with van der Waals surface area (Å²) < 4.78 is 0. The van der Waals surface area contributed by atoms with Gasteiger partial charge in [0.15, 0.2) is 5.82 Å². The highest BCUT2D eigenvalue weighted by molar-refractivity contribution is 7.99. The van der Waals surface area contributed by atoms with Crippen molar-refractivity contribution in [1.29, 1.82) is 0 Å². The number of anilines is 2. The second-order valence-electron chi connectivity index (χ2n) is 4.49. The molecule has 0 spiro atoms. The molecule has 1 aromatic heterocycles. The van der Waals surface area contributed by atoms with Gasteiger partial charge in [0, 0.05) is 18.3 Å². The summed E-state index contributed by atoms with van der Waals surface area (Å²) in [4.78, 5) is 8.43. The normalized spacial score (nSPS) is 23.7. The van der Waals surface area contributed by atoms with Crippen molar-refractivity contribution in [2.45, 2.75) is 37.0 Å². The van der Waals surface area contributed by atoms with E-state index in [0.29, 0.717) is 17.0 Å². The van der Waals surface area contributed by atoms with Crippen molar-refractivity contribution in [3.63, 3.8) is 0 Å². The highest BCUT2D eigenvalue weighted by Gasteiger charge is 2.21. The van der Waals surface area contributed by atoms with Crippen LogP contribution in [-0.2, 0) is 0 Å². The first-order valence-corrected chi connectivity index (χ1v) is 7.89. The predicted molar refractivity (Wildman–Crippen MR) is 79.8 cm³/mol. The number of hydrogen-bond donors (Lipinski definition) is 2. The lowest BCUT2D eigenvalue weighted by molar-refractivity contribution is 0.472. The van der Waals surface area contributed by atoms with Gasteiger partial charge in [-0.3, -0.25) is 0 Å². The highest BCUT2D eigenvalue weighted by atomic mass is 35.5. The van der Waals surface area contributed by atoms with Gasteiger partial charge in [-0.2, -0.15) is 16.7 Å². The Hall–Kier alpha value is -0.680. The number of halogens is 1. The van der Waals surface area contributed by atoms with Gasteiger partial charge in [-0.25, -0.2) is 4.98 Å². The Bertz CT molecular complexity index is 394. The van der Waals surface area contributed by atoms with E-state index in [-0.39, 0.29) is 0 Å². The fourth-order valence-corrected chi connectivity index (χ4v) is 3.11. The third kappa shape index (κ3) is 3.42. The fourth-order valence-electron chi connectivity index (χ4n) is 2.23. The summed E-state index contributed by atoms with van der Waals surface area (Å²) in [5, 5.41) is 7.76. The molecule has 0 aromatic carbocycles.